The molecule has 2 aromatic carbocycles. The van der Waals surface area contributed by atoms with Crippen molar-refractivity contribution < 1.29 is 13.6 Å². The average Bonchev–Trinajstić information content (AvgIpc) is 2.46. The zero-order valence-electron chi connectivity index (χ0n) is 11.1. The van der Waals surface area contributed by atoms with Gasteiger partial charge in [0, 0.05) is 11.1 Å². The highest BCUT2D eigenvalue weighted by atomic mass is 19.3. The second-order valence-corrected chi connectivity index (χ2v) is 4.42. The Balaban J connectivity index is 1.95. The van der Waals surface area contributed by atoms with Crippen LogP contribution in [0.3, 0.4) is 0 Å². The van der Waals surface area contributed by atoms with Crippen LogP contribution in [0.2, 0.25) is 0 Å². The summed E-state index contributed by atoms with van der Waals surface area (Å²) in [6.45, 7) is 2.32. The van der Waals surface area contributed by atoms with Gasteiger partial charge in [-0.3, -0.25) is 0 Å². The van der Waals surface area contributed by atoms with Crippen molar-refractivity contribution in [2.45, 2.75) is 20.0 Å². The largest absolute Gasteiger partial charge is 0.391 e. The first-order chi connectivity index (χ1) is 9.66. The molecule has 2 rings (SSSR count). The molecule has 0 aliphatic carbocycles. The summed E-state index contributed by atoms with van der Waals surface area (Å²) in [4.78, 5) is 5.12. The second kappa shape index (κ2) is 6.80. The van der Waals surface area contributed by atoms with E-state index in [1.54, 1.807) is 18.2 Å². The van der Waals surface area contributed by atoms with Crippen LogP contribution in [0.4, 0.5) is 8.78 Å². The number of hydrogen-bond acceptors (Lipinski definition) is 2. The maximum absolute atomic E-state index is 12.7. The molecule has 0 heterocycles. The van der Waals surface area contributed by atoms with Crippen LogP contribution in [-0.4, -0.2) is 6.21 Å². The summed E-state index contributed by atoms with van der Waals surface area (Å²) < 4.78 is 25.5. The Morgan fingerprint density at radius 1 is 1.10 bits per heavy atom. The van der Waals surface area contributed by atoms with E-state index in [1.807, 2.05) is 31.2 Å². The summed E-state index contributed by atoms with van der Waals surface area (Å²) in [6.07, 6.45) is -1.20. The fraction of sp³-hybridized carbons (Fsp3) is 0.188. The first kappa shape index (κ1) is 14.2. The van der Waals surface area contributed by atoms with Gasteiger partial charge in [-0.25, -0.2) is 8.78 Å². The summed E-state index contributed by atoms with van der Waals surface area (Å²) in [6, 6.07) is 14.1. The monoisotopic (exact) mass is 275 g/mol. The van der Waals surface area contributed by atoms with Crippen LogP contribution in [-0.2, 0) is 11.4 Å². The van der Waals surface area contributed by atoms with Crippen LogP contribution in [0.25, 0.3) is 0 Å². The molecular formula is C16H15F2NO. The number of nitrogens with zero attached hydrogens (tertiary/aromatic N) is 1. The lowest BCUT2D eigenvalue weighted by Crippen LogP contribution is -1.94. The topological polar surface area (TPSA) is 21.6 Å². The number of alkyl halides is 2. The minimum atomic E-state index is -2.52. The summed E-state index contributed by atoms with van der Waals surface area (Å²) in [7, 11) is 0. The number of oxime groups is 1. The van der Waals surface area contributed by atoms with Gasteiger partial charge in [-0.2, -0.15) is 0 Å². The molecule has 4 heteroatoms. The highest BCUT2D eigenvalue weighted by Crippen LogP contribution is 2.21. The molecule has 0 spiro atoms. The zero-order chi connectivity index (χ0) is 14.4. The molecule has 104 valence electrons. The fourth-order valence-electron chi connectivity index (χ4n) is 1.72. The van der Waals surface area contributed by atoms with E-state index in [0.29, 0.717) is 12.2 Å². The molecule has 0 aliphatic rings. The first-order valence-electron chi connectivity index (χ1n) is 6.25. The van der Waals surface area contributed by atoms with E-state index in [2.05, 4.69) is 5.16 Å². The Hall–Kier alpha value is -2.23. The third-order valence-electron chi connectivity index (χ3n) is 2.85. The Labute approximate surface area is 116 Å². The molecule has 0 saturated heterocycles. The van der Waals surface area contributed by atoms with E-state index in [0.717, 1.165) is 5.56 Å². The van der Waals surface area contributed by atoms with Crippen molar-refractivity contribution >= 4 is 6.21 Å². The molecule has 2 nitrogen and oxygen atoms in total. The fourth-order valence-corrected chi connectivity index (χ4v) is 1.72. The zero-order valence-corrected chi connectivity index (χ0v) is 11.1. The Bertz CT molecular complexity index is 579. The standard InChI is InChI=1S/C16H15F2NO/c1-12-6-8-13(9-7-12)11-20-19-10-14-4-2-3-5-15(14)16(17)18/h2-10,16H,11H2,1H3. The van der Waals surface area contributed by atoms with Crippen molar-refractivity contribution in [1.29, 1.82) is 0 Å². The van der Waals surface area contributed by atoms with Gasteiger partial charge < -0.3 is 4.84 Å². The van der Waals surface area contributed by atoms with E-state index < -0.39 is 6.43 Å². The number of hydrogen-bond donors (Lipinski definition) is 0. The quantitative estimate of drug-likeness (QED) is 0.582. The van der Waals surface area contributed by atoms with E-state index >= 15 is 0 Å². The first-order valence-corrected chi connectivity index (χ1v) is 6.25. The Kier molecular flexibility index (Phi) is 4.82. The highest BCUT2D eigenvalue weighted by molar-refractivity contribution is 5.81. The molecule has 0 bridgehead atoms. The van der Waals surface area contributed by atoms with Gasteiger partial charge in [0.1, 0.15) is 6.61 Å². The molecule has 0 atom stereocenters. The van der Waals surface area contributed by atoms with Crippen molar-refractivity contribution in [1.82, 2.24) is 0 Å². The minimum Gasteiger partial charge on any atom is -0.391 e. The predicted molar refractivity (Wildman–Crippen MR) is 75.0 cm³/mol. The third-order valence-corrected chi connectivity index (χ3v) is 2.85. The van der Waals surface area contributed by atoms with Gasteiger partial charge in [0.25, 0.3) is 6.43 Å². The van der Waals surface area contributed by atoms with Crippen molar-refractivity contribution in [3.63, 3.8) is 0 Å². The van der Waals surface area contributed by atoms with Gasteiger partial charge in [0.15, 0.2) is 0 Å². The average molecular weight is 275 g/mol. The van der Waals surface area contributed by atoms with E-state index in [-0.39, 0.29) is 5.56 Å². The van der Waals surface area contributed by atoms with Gasteiger partial charge >= 0.3 is 0 Å². The van der Waals surface area contributed by atoms with Crippen molar-refractivity contribution in [3.8, 4) is 0 Å². The van der Waals surface area contributed by atoms with Crippen LogP contribution in [0.1, 0.15) is 28.7 Å². The van der Waals surface area contributed by atoms with Crippen molar-refractivity contribution in [2.75, 3.05) is 0 Å². The van der Waals surface area contributed by atoms with E-state index in [4.69, 9.17) is 4.84 Å². The van der Waals surface area contributed by atoms with Crippen LogP contribution in [0.15, 0.2) is 53.7 Å². The van der Waals surface area contributed by atoms with Crippen LogP contribution < -0.4 is 0 Å². The summed E-state index contributed by atoms with van der Waals surface area (Å²) in [5, 5.41) is 3.74. The molecule has 0 amide bonds. The lowest BCUT2D eigenvalue weighted by molar-refractivity contribution is 0.132. The smallest absolute Gasteiger partial charge is 0.264 e. The maximum Gasteiger partial charge on any atom is 0.264 e. The molecule has 0 fully saturated rings. The second-order valence-electron chi connectivity index (χ2n) is 4.42. The molecule has 0 aromatic heterocycles. The van der Waals surface area contributed by atoms with Crippen molar-refractivity contribution in [2.24, 2.45) is 5.16 Å². The molecule has 2 aromatic rings. The van der Waals surface area contributed by atoms with E-state index in [9.17, 15) is 8.78 Å². The number of aryl methyl sites for hydroxylation is 1. The third kappa shape index (κ3) is 3.88. The molecule has 0 radical (unpaired) electrons. The normalized spacial score (nSPS) is 11.2. The molecule has 0 saturated carbocycles. The summed E-state index contributed by atoms with van der Waals surface area (Å²) in [5.74, 6) is 0. The van der Waals surface area contributed by atoms with Gasteiger partial charge in [-0.05, 0) is 12.5 Å². The summed E-state index contributed by atoms with van der Waals surface area (Å²) >= 11 is 0. The lowest BCUT2D eigenvalue weighted by atomic mass is 10.1. The van der Waals surface area contributed by atoms with Gasteiger partial charge in [0.05, 0.1) is 6.21 Å². The Morgan fingerprint density at radius 3 is 2.50 bits per heavy atom. The molecule has 20 heavy (non-hydrogen) atoms. The maximum atomic E-state index is 12.7. The Morgan fingerprint density at radius 2 is 1.80 bits per heavy atom. The number of benzene rings is 2. The molecule has 0 N–H and O–H groups in total. The predicted octanol–water partition coefficient (Wildman–Crippen LogP) is 4.48. The minimum absolute atomic E-state index is 0.0461. The lowest BCUT2D eigenvalue weighted by Gasteiger charge is -2.04. The SMILES string of the molecule is Cc1ccc(CON=Cc2ccccc2C(F)F)cc1. The van der Waals surface area contributed by atoms with Crippen molar-refractivity contribution in [3.05, 3.63) is 70.8 Å². The van der Waals surface area contributed by atoms with E-state index in [1.165, 1.54) is 17.8 Å². The van der Waals surface area contributed by atoms with Gasteiger partial charge in [-0.15, -0.1) is 0 Å². The number of rotatable bonds is 5. The van der Waals surface area contributed by atoms with Crippen LogP contribution >= 0.6 is 0 Å². The molecule has 0 aliphatic heterocycles. The molecule has 0 unspecified atom stereocenters. The molecular weight excluding hydrogens is 260 g/mol. The number of halogens is 2. The highest BCUT2D eigenvalue weighted by Gasteiger charge is 2.10. The van der Waals surface area contributed by atoms with Gasteiger partial charge in [-0.1, -0.05) is 59.3 Å². The summed E-state index contributed by atoms with van der Waals surface area (Å²) in [5.41, 5.74) is 2.47. The van der Waals surface area contributed by atoms with Crippen LogP contribution in [0.5, 0.6) is 0 Å². The van der Waals surface area contributed by atoms with Gasteiger partial charge in [0.2, 0.25) is 0 Å². The van der Waals surface area contributed by atoms with Crippen LogP contribution in [0, 0.1) is 6.92 Å².